The van der Waals surface area contributed by atoms with Gasteiger partial charge in [0.2, 0.25) is 5.91 Å². The van der Waals surface area contributed by atoms with Crippen LogP contribution in [0.1, 0.15) is 37.2 Å². The van der Waals surface area contributed by atoms with E-state index in [-0.39, 0.29) is 18.2 Å². The molecule has 1 aromatic rings. The van der Waals surface area contributed by atoms with Crippen molar-refractivity contribution in [3.8, 4) is 0 Å². The summed E-state index contributed by atoms with van der Waals surface area (Å²) in [5, 5.41) is 0. The Hall–Kier alpha value is -2.15. The van der Waals surface area contributed by atoms with E-state index in [1.807, 2.05) is 0 Å². The van der Waals surface area contributed by atoms with Gasteiger partial charge in [-0.1, -0.05) is 6.07 Å². The molecule has 2 amide bonds. The van der Waals surface area contributed by atoms with Crippen LogP contribution in [0.5, 0.6) is 0 Å². The number of hydrogen-bond donors (Lipinski definition) is 1. The first kappa shape index (κ1) is 16.7. The summed E-state index contributed by atoms with van der Waals surface area (Å²) in [5.41, 5.74) is 6.24. The van der Waals surface area contributed by atoms with Gasteiger partial charge in [-0.2, -0.15) is 0 Å². The fraction of sp³-hybridized carbons (Fsp3) is 0.529. The minimum Gasteiger partial charge on any atom is -0.444 e. The van der Waals surface area contributed by atoms with E-state index in [9.17, 15) is 14.0 Å². The number of cyclic esters (lactones) is 1. The van der Waals surface area contributed by atoms with Gasteiger partial charge in [-0.25, -0.2) is 9.18 Å². The highest BCUT2D eigenvalue weighted by Gasteiger charge is 2.33. The normalized spacial score (nSPS) is 21.8. The number of primary amides is 1. The van der Waals surface area contributed by atoms with Gasteiger partial charge < -0.3 is 15.2 Å². The van der Waals surface area contributed by atoms with Crippen molar-refractivity contribution in [2.24, 2.45) is 5.73 Å². The lowest BCUT2D eigenvalue weighted by Crippen LogP contribution is -2.25. The molecule has 0 aromatic heterocycles. The Labute approximate surface area is 139 Å². The number of carbonyl (C=O) groups is 2. The Morgan fingerprint density at radius 3 is 2.75 bits per heavy atom. The zero-order valence-corrected chi connectivity index (χ0v) is 13.4. The van der Waals surface area contributed by atoms with Crippen LogP contribution >= 0.6 is 0 Å². The van der Waals surface area contributed by atoms with Crippen molar-refractivity contribution in [3.05, 3.63) is 29.6 Å². The third-order valence-corrected chi connectivity index (χ3v) is 4.54. The average molecular weight is 336 g/mol. The van der Waals surface area contributed by atoms with Gasteiger partial charge in [0.25, 0.3) is 0 Å². The third kappa shape index (κ3) is 3.67. The van der Waals surface area contributed by atoms with Crippen LogP contribution in [-0.2, 0) is 14.3 Å². The Morgan fingerprint density at radius 2 is 2.08 bits per heavy atom. The first-order valence-electron chi connectivity index (χ1n) is 8.18. The molecule has 0 radical (unpaired) electrons. The zero-order chi connectivity index (χ0) is 17.1. The molecule has 0 unspecified atom stereocenters. The van der Waals surface area contributed by atoms with Crippen molar-refractivity contribution in [1.82, 2.24) is 0 Å². The number of carbonyl (C=O) groups excluding carboxylic acids is 2. The zero-order valence-electron chi connectivity index (χ0n) is 13.4. The lowest BCUT2D eigenvalue weighted by Gasteiger charge is -2.23. The monoisotopic (exact) mass is 336 g/mol. The second-order valence-corrected chi connectivity index (χ2v) is 6.21. The van der Waals surface area contributed by atoms with Gasteiger partial charge in [-0.15, -0.1) is 0 Å². The van der Waals surface area contributed by atoms with E-state index in [1.54, 1.807) is 12.1 Å². The van der Waals surface area contributed by atoms with E-state index in [2.05, 4.69) is 0 Å². The van der Waals surface area contributed by atoms with E-state index in [4.69, 9.17) is 15.2 Å². The molecule has 2 fully saturated rings. The number of benzene rings is 1. The van der Waals surface area contributed by atoms with Crippen molar-refractivity contribution in [1.29, 1.82) is 0 Å². The lowest BCUT2D eigenvalue weighted by atomic mass is 9.91. The summed E-state index contributed by atoms with van der Waals surface area (Å²) in [5.74, 6) is -0.592. The lowest BCUT2D eigenvalue weighted by molar-refractivity contribution is -0.118. The van der Waals surface area contributed by atoms with Crippen LogP contribution in [-0.4, -0.2) is 37.9 Å². The van der Waals surface area contributed by atoms with Gasteiger partial charge in [-0.05, 0) is 42.9 Å². The van der Waals surface area contributed by atoms with Gasteiger partial charge >= 0.3 is 6.09 Å². The summed E-state index contributed by atoms with van der Waals surface area (Å²) in [4.78, 5) is 24.2. The van der Waals surface area contributed by atoms with Gasteiger partial charge in [0.1, 0.15) is 11.9 Å². The molecular formula is C17H21FN2O4. The predicted octanol–water partition coefficient (Wildman–Crippen LogP) is 2.31. The topological polar surface area (TPSA) is 81.9 Å². The van der Waals surface area contributed by atoms with Crippen LogP contribution in [0.25, 0.3) is 0 Å². The van der Waals surface area contributed by atoms with Crippen molar-refractivity contribution >= 4 is 17.7 Å². The highest BCUT2D eigenvalue weighted by molar-refractivity contribution is 5.89. The van der Waals surface area contributed by atoms with Crippen LogP contribution in [0.15, 0.2) is 18.2 Å². The van der Waals surface area contributed by atoms with Crippen LogP contribution in [0.3, 0.4) is 0 Å². The molecule has 1 aromatic carbocycles. The quantitative estimate of drug-likeness (QED) is 0.894. The maximum absolute atomic E-state index is 14.5. The highest BCUT2D eigenvalue weighted by atomic mass is 19.1. The largest absolute Gasteiger partial charge is 0.444 e. The second-order valence-electron chi connectivity index (χ2n) is 6.21. The fourth-order valence-corrected chi connectivity index (χ4v) is 3.21. The van der Waals surface area contributed by atoms with Crippen molar-refractivity contribution < 1.29 is 23.5 Å². The molecule has 2 aliphatic heterocycles. The number of anilines is 1. The minimum absolute atomic E-state index is 0.154. The van der Waals surface area contributed by atoms with Gasteiger partial charge in [0, 0.05) is 19.6 Å². The van der Waals surface area contributed by atoms with Crippen LogP contribution in [0, 0.1) is 5.82 Å². The molecule has 0 spiro atoms. The van der Waals surface area contributed by atoms with E-state index in [1.165, 1.54) is 11.0 Å². The third-order valence-electron chi connectivity index (χ3n) is 4.54. The van der Waals surface area contributed by atoms with Crippen LogP contribution in [0.2, 0.25) is 0 Å². The van der Waals surface area contributed by atoms with E-state index in [0.29, 0.717) is 37.4 Å². The van der Waals surface area contributed by atoms with Crippen molar-refractivity contribution in [3.63, 3.8) is 0 Å². The summed E-state index contributed by atoms with van der Waals surface area (Å²) >= 11 is 0. The first-order chi connectivity index (χ1) is 11.5. The molecule has 24 heavy (non-hydrogen) atoms. The molecule has 1 atom stereocenters. The molecule has 2 aliphatic rings. The first-order valence-corrected chi connectivity index (χ1v) is 8.18. The maximum Gasteiger partial charge on any atom is 0.414 e. The summed E-state index contributed by atoms with van der Waals surface area (Å²) in [6, 6.07) is 4.86. The maximum atomic E-state index is 14.5. The number of hydrogen-bond acceptors (Lipinski definition) is 4. The Kier molecular flexibility index (Phi) is 4.99. The molecular weight excluding hydrogens is 315 g/mol. The number of nitrogens with zero attached hydrogens (tertiary/aromatic N) is 1. The summed E-state index contributed by atoms with van der Waals surface area (Å²) in [6.07, 6.45) is 1.21. The number of ether oxygens (including phenoxy) is 2. The fourth-order valence-electron chi connectivity index (χ4n) is 3.21. The Balaban J connectivity index is 1.69. The molecule has 7 heteroatoms. The molecule has 0 aliphatic carbocycles. The summed E-state index contributed by atoms with van der Waals surface area (Å²) < 4.78 is 25.0. The molecule has 0 saturated carbocycles. The average Bonchev–Trinajstić information content (AvgIpc) is 2.94. The van der Waals surface area contributed by atoms with Crippen molar-refractivity contribution in [2.75, 3.05) is 24.7 Å². The van der Waals surface area contributed by atoms with E-state index in [0.717, 1.165) is 12.8 Å². The van der Waals surface area contributed by atoms with Crippen LogP contribution < -0.4 is 10.6 Å². The molecule has 0 bridgehead atoms. The number of nitrogens with two attached hydrogens (primary N) is 1. The van der Waals surface area contributed by atoms with Crippen LogP contribution in [0.4, 0.5) is 14.9 Å². The summed E-state index contributed by atoms with van der Waals surface area (Å²) in [7, 11) is 0. The molecule has 130 valence electrons. The molecule has 2 heterocycles. The Bertz CT molecular complexity index is 631. The van der Waals surface area contributed by atoms with Gasteiger partial charge in [0.15, 0.2) is 0 Å². The number of rotatable bonds is 5. The molecule has 3 rings (SSSR count). The SMILES string of the molecule is NC(=O)CC[C@H]1CN(c2ccc(C3CCOCC3)c(F)c2)C(=O)O1. The number of halogens is 1. The van der Waals surface area contributed by atoms with Gasteiger partial charge in [0.05, 0.1) is 12.2 Å². The van der Waals surface area contributed by atoms with E-state index < -0.39 is 18.1 Å². The minimum atomic E-state index is -0.525. The Morgan fingerprint density at radius 1 is 1.33 bits per heavy atom. The predicted molar refractivity (Wildman–Crippen MR) is 85.2 cm³/mol. The smallest absolute Gasteiger partial charge is 0.414 e. The molecule has 2 saturated heterocycles. The van der Waals surface area contributed by atoms with E-state index >= 15 is 0 Å². The van der Waals surface area contributed by atoms with Gasteiger partial charge in [-0.3, -0.25) is 9.69 Å². The standard InChI is InChI=1S/C17H21FN2O4/c18-15-9-12(1-3-14(15)11-5-7-23-8-6-11)20-10-13(24-17(20)22)2-4-16(19)21/h1,3,9,11,13H,2,4-8,10H2,(H2,19,21)/t13-/m0/s1. The second kappa shape index (κ2) is 7.17. The molecule has 6 nitrogen and oxygen atoms in total. The van der Waals surface area contributed by atoms with Crippen molar-refractivity contribution in [2.45, 2.75) is 37.7 Å². The number of amides is 2. The summed E-state index contributed by atoms with van der Waals surface area (Å²) in [6.45, 7) is 1.58. The molecule has 2 N–H and O–H groups in total. The highest BCUT2D eigenvalue weighted by Crippen LogP contribution is 2.32.